The van der Waals surface area contributed by atoms with Gasteiger partial charge in [0.1, 0.15) is 0 Å². The quantitative estimate of drug-likeness (QED) is 0.783. The number of aromatic amines is 1. The minimum absolute atomic E-state index is 0.886. The van der Waals surface area contributed by atoms with Crippen LogP contribution in [0.5, 0.6) is 0 Å². The van der Waals surface area contributed by atoms with Crippen LogP contribution in [0.25, 0.3) is 17.0 Å². The minimum Gasteiger partial charge on any atom is -0.284 e. The summed E-state index contributed by atoms with van der Waals surface area (Å²) >= 11 is 0. The van der Waals surface area contributed by atoms with E-state index >= 15 is 0 Å². The van der Waals surface area contributed by atoms with Gasteiger partial charge in [0.2, 0.25) is 0 Å². The Kier molecular flexibility index (Phi) is 3.27. The summed E-state index contributed by atoms with van der Waals surface area (Å²) in [7, 11) is 0. The maximum Gasteiger partial charge on any atom is 0.0694 e. The highest BCUT2D eigenvalue weighted by molar-refractivity contribution is 6.15. The van der Waals surface area contributed by atoms with Gasteiger partial charge >= 0.3 is 0 Å². The maximum absolute atomic E-state index is 4.73. The van der Waals surface area contributed by atoms with Crippen LogP contribution in [0.2, 0.25) is 0 Å². The number of hydrogen-bond donors (Lipinski definition) is 1. The molecule has 0 saturated heterocycles. The fourth-order valence-electron chi connectivity index (χ4n) is 2.90. The van der Waals surface area contributed by atoms with Crippen molar-refractivity contribution in [1.82, 2.24) is 15.2 Å². The predicted octanol–water partition coefficient (Wildman–Crippen LogP) is 3.62. The van der Waals surface area contributed by atoms with Crippen LogP contribution in [0, 0.1) is 0 Å². The number of fused-ring (bicyclic) bond motifs is 1. The second-order valence-electron chi connectivity index (χ2n) is 5.42. The van der Waals surface area contributed by atoms with E-state index < -0.39 is 0 Å². The zero-order valence-corrected chi connectivity index (χ0v) is 12.2. The SMILES string of the molecule is C(=C1/CCCN=C1c1cccnc1)/c1cccc2[nH]ncc12. The van der Waals surface area contributed by atoms with Gasteiger partial charge in [0.05, 0.1) is 17.4 Å². The van der Waals surface area contributed by atoms with E-state index in [0.717, 1.165) is 41.6 Å². The number of hydrogen-bond acceptors (Lipinski definition) is 3. The lowest BCUT2D eigenvalue weighted by molar-refractivity contribution is 0.818. The molecule has 0 radical (unpaired) electrons. The molecule has 0 fully saturated rings. The Hall–Kier alpha value is -2.75. The lowest BCUT2D eigenvalue weighted by Crippen LogP contribution is -2.11. The first-order chi connectivity index (χ1) is 10.9. The van der Waals surface area contributed by atoms with Crippen molar-refractivity contribution >= 4 is 22.7 Å². The maximum atomic E-state index is 4.73. The van der Waals surface area contributed by atoms with E-state index in [0.29, 0.717) is 0 Å². The van der Waals surface area contributed by atoms with Crippen molar-refractivity contribution < 1.29 is 0 Å². The zero-order chi connectivity index (χ0) is 14.8. The Morgan fingerprint density at radius 1 is 1.09 bits per heavy atom. The third-order valence-corrected chi connectivity index (χ3v) is 3.96. The number of nitrogens with zero attached hydrogens (tertiary/aromatic N) is 3. The molecular formula is C18H16N4. The van der Waals surface area contributed by atoms with E-state index in [-0.39, 0.29) is 0 Å². The Morgan fingerprint density at radius 3 is 3.00 bits per heavy atom. The van der Waals surface area contributed by atoms with Crippen molar-refractivity contribution in [3.63, 3.8) is 0 Å². The number of aliphatic imine (C=N–C) groups is 1. The van der Waals surface area contributed by atoms with Crippen molar-refractivity contribution in [2.45, 2.75) is 12.8 Å². The van der Waals surface area contributed by atoms with Crippen molar-refractivity contribution in [3.05, 3.63) is 65.6 Å². The molecule has 0 spiro atoms. The molecule has 0 atom stereocenters. The van der Waals surface area contributed by atoms with Crippen molar-refractivity contribution in [3.8, 4) is 0 Å². The van der Waals surface area contributed by atoms with Gasteiger partial charge in [-0.1, -0.05) is 12.1 Å². The smallest absolute Gasteiger partial charge is 0.0694 e. The van der Waals surface area contributed by atoms with Crippen LogP contribution in [0.4, 0.5) is 0 Å². The molecule has 4 rings (SSSR count). The largest absolute Gasteiger partial charge is 0.284 e. The number of nitrogens with one attached hydrogen (secondary N) is 1. The highest BCUT2D eigenvalue weighted by atomic mass is 15.1. The topological polar surface area (TPSA) is 53.9 Å². The molecule has 0 aliphatic carbocycles. The number of rotatable bonds is 2. The third-order valence-electron chi connectivity index (χ3n) is 3.96. The molecule has 3 aromatic rings. The first-order valence-corrected chi connectivity index (χ1v) is 7.50. The molecule has 108 valence electrons. The molecule has 4 heteroatoms. The summed E-state index contributed by atoms with van der Waals surface area (Å²) in [5, 5.41) is 8.30. The fourth-order valence-corrected chi connectivity index (χ4v) is 2.90. The van der Waals surface area contributed by atoms with Crippen LogP contribution < -0.4 is 0 Å². The molecule has 1 aliphatic heterocycles. The average Bonchev–Trinajstić information content (AvgIpc) is 3.06. The molecule has 0 bridgehead atoms. The molecule has 1 N–H and O–H groups in total. The minimum atomic E-state index is 0.886. The van der Waals surface area contributed by atoms with Gasteiger partial charge in [0.15, 0.2) is 0 Å². The molecule has 0 unspecified atom stereocenters. The summed E-state index contributed by atoms with van der Waals surface area (Å²) in [6.07, 6.45) is 9.94. The molecule has 0 amide bonds. The van der Waals surface area contributed by atoms with Gasteiger partial charge < -0.3 is 0 Å². The average molecular weight is 288 g/mol. The molecule has 0 saturated carbocycles. The lowest BCUT2D eigenvalue weighted by Gasteiger charge is -2.16. The molecule has 4 nitrogen and oxygen atoms in total. The second-order valence-corrected chi connectivity index (χ2v) is 5.42. The van der Waals surface area contributed by atoms with Gasteiger partial charge in [-0.25, -0.2) is 0 Å². The van der Waals surface area contributed by atoms with Crippen LogP contribution >= 0.6 is 0 Å². The van der Waals surface area contributed by atoms with E-state index in [2.05, 4.69) is 39.5 Å². The second kappa shape index (κ2) is 5.56. The first-order valence-electron chi connectivity index (χ1n) is 7.50. The van der Waals surface area contributed by atoms with Crippen molar-refractivity contribution in [1.29, 1.82) is 0 Å². The molecule has 22 heavy (non-hydrogen) atoms. The van der Waals surface area contributed by atoms with Crippen LogP contribution in [-0.2, 0) is 0 Å². The Morgan fingerprint density at radius 2 is 2.09 bits per heavy atom. The third kappa shape index (κ3) is 2.33. The Bertz CT molecular complexity index is 859. The standard InChI is InChI=1S/C18H16N4/c1-4-13(16-12-21-22-17(16)7-1)10-14-5-3-9-20-18(14)15-6-2-8-19-11-15/h1-2,4,6-8,10-12H,3,5,9H2,(H,21,22)/b14-10+. The van der Waals surface area contributed by atoms with E-state index in [4.69, 9.17) is 4.99 Å². The number of benzene rings is 1. The summed E-state index contributed by atoms with van der Waals surface area (Å²) in [5.41, 5.74) is 5.67. The molecule has 3 heterocycles. The van der Waals surface area contributed by atoms with Gasteiger partial charge in [-0.15, -0.1) is 0 Å². The summed E-state index contributed by atoms with van der Waals surface area (Å²) in [5.74, 6) is 0. The number of aromatic nitrogens is 3. The lowest BCUT2D eigenvalue weighted by atomic mass is 9.94. The number of allylic oxidation sites excluding steroid dienone is 1. The highest BCUT2D eigenvalue weighted by Crippen LogP contribution is 2.25. The van der Waals surface area contributed by atoms with E-state index in [1.54, 1.807) is 6.20 Å². The number of H-pyrrole nitrogens is 1. The summed E-state index contributed by atoms with van der Waals surface area (Å²) in [6.45, 7) is 0.886. The summed E-state index contributed by atoms with van der Waals surface area (Å²) in [4.78, 5) is 8.95. The van der Waals surface area contributed by atoms with Crippen molar-refractivity contribution in [2.75, 3.05) is 6.54 Å². The van der Waals surface area contributed by atoms with Crippen LogP contribution in [-0.4, -0.2) is 27.4 Å². The van der Waals surface area contributed by atoms with E-state index in [1.807, 2.05) is 24.5 Å². The molecule has 1 aliphatic rings. The molecule has 1 aromatic carbocycles. The Labute approximate surface area is 128 Å². The molecular weight excluding hydrogens is 272 g/mol. The van der Waals surface area contributed by atoms with Gasteiger partial charge in [0.25, 0.3) is 0 Å². The van der Waals surface area contributed by atoms with E-state index in [1.165, 1.54) is 11.1 Å². The highest BCUT2D eigenvalue weighted by Gasteiger charge is 2.14. The van der Waals surface area contributed by atoms with E-state index in [9.17, 15) is 0 Å². The van der Waals surface area contributed by atoms with Gasteiger partial charge in [0, 0.05) is 29.9 Å². The van der Waals surface area contributed by atoms with Crippen LogP contribution in [0.15, 0.2) is 59.5 Å². The monoisotopic (exact) mass is 288 g/mol. The summed E-state index contributed by atoms with van der Waals surface area (Å²) in [6, 6.07) is 10.3. The van der Waals surface area contributed by atoms with Gasteiger partial charge in [-0.3, -0.25) is 15.1 Å². The Balaban J connectivity index is 1.81. The number of pyridine rings is 1. The summed E-state index contributed by atoms with van der Waals surface area (Å²) < 4.78 is 0. The fraction of sp³-hybridized carbons (Fsp3) is 0.167. The van der Waals surface area contributed by atoms with Crippen molar-refractivity contribution in [2.24, 2.45) is 4.99 Å². The van der Waals surface area contributed by atoms with Crippen LogP contribution in [0.1, 0.15) is 24.0 Å². The first kappa shape index (κ1) is 13.0. The predicted molar refractivity (Wildman–Crippen MR) is 88.9 cm³/mol. The van der Waals surface area contributed by atoms with Gasteiger partial charge in [-0.05, 0) is 48.3 Å². The molecule has 2 aromatic heterocycles. The normalized spacial score (nSPS) is 16.9. The zero-order valence-electron chi connectivity index (χ0n) is 12.2. The van der Waals surface area contributed by atoms with Gasteiger partial charge in [-0.2, -0.15) is 5.10 Å². The van der Waals surface area contributed by atoms with Crippen LogP contribution in [0.3, 0.4) is 0 Å².